The van der Waals surface area contributed by atoms with Crippen LogP contribution in [0.5, 0.6) is 5.75 Å². The van der Waals surface area contributed by atoms with Gasteiger partial charge in [0.1, 0.15) is 17.3 Å². The number of ketones is 1. The number of benzene rings is 2. The molecular formula is C25H29FN2O4. The van der Waals surface area contributed by atoms with Gasteiger partial charge in [-0.1, -0.05) is 12.1 Å². The van der Waals surface area contributed by atoms with Gasteiger partial charge in [0.15, 0.2) is 0 Å². The number of Topliss-reactive ketones (excluding diaryl/α,β-unsaturated/α-hetero) is 1. The molecule has 170 valence electrons. The number of likely N-dealkylation sites (tertiary alicyclic amines) is 1. The number of nitrogens with zero attached hydrogens (tertiary/aromatic N) is 2. The summed E-state index contributed by atoms with van der Waals surface area (Å²) in [6, 6.07) is 11.6. The molecule has 1 N–H and O–H groups in total. The Morgan fingerprint density at radius 1 is 1.09 bits per heavy atom. The van der Waals surface area contributed by atoms with Gasteiger partial charge < -0.3 is 19.6 Å². The van der Waals surface area contributed by atoms with E-state index in [1.54, 1.807) is 24.3 Å². The quantitative estimate of drug-likeness (QED) is 0.382. The largest absolute Gasteiger partial charge is 0.507 e. The first-order chi connectivity index (χ1) is 15.2. The number of aliphatic hydroxyl groups is 1. The number of hydrogen-bond donors (Lipinski definition) is 1. The zero-order valence-electron chi connectivity index (χ0n) is 18.8. The summed E-state index contributed by atoms with van der Waals surface area (Å²) < 4.78 is 19.2. The van der Waals surface area contributed by atoms with E-state index in [1.807, 2.05) is 32.8 Å². The van der Waals surface area contributed by atoms with Crippen molar-refractivity contribution in [2.45, 2.75) is 32.4 Å². The summed E-state index contributed by atoms with van der Waals surface area (Å²) in [5.41, 5.74) is 0.972. The minimum Gasteiger partial charge on any atom is -0.507 e. The van der Waals surface area contributed by atoms with Gasteiger partial charge in [-0.2, -0.15) is 0 Å². The third kappa shape index (κ3) is 5.16. The highest BCUT2D eigenvalue weighted by molar-refractivity contribution is 6.46. The number of carbonyl (C=O) groups excluding carboxylic acids is 2. The van der Waals surface area contributed by atoms with E-state index in [-0.39, 0.29) is 17.4 Å². The lowest BCUT2D eigenvalue weighted by Crippen LogP contribution is -2.32. The number of halogens is 1. The van der Waals surface area contributed by atoms with Crippen LogP contribution in [0.3, 0.4) is 0 Å². The van der Waals surface area contributed by atoms with Gasteiger partial charge in [-0.15, -0.1) is 0 Å². The second-order valence-corrected chi connectivity index (χ2v) is 8.39. The highest BCUT2D eigenvalue weighted by atomic mass is 19.1. The topological polar surface area (TPSA) is 70.1 Å². The highest BCUT2D eigenvalue weighted by Crippen LogP contribution is 2.39. The Morgan fingerprint density at radius 2 is 1.72 bits per heavy atom. The van der Waals surface area contributed by atoms with Gasteiger partial charge in [0, 0.05) is 12.1 Å². The molecule has 2 aromatic carbocycles. The minimum atomic E-state index is -0.788. The Kier molecular flexibility index (Phi) is 7.30. The Labute approximate surface area is 187 Å². The van der Waals surface area contributed by atoms with Crippen molar-refractivity contribution in [3.63, 3.8) is 0 Å². The average Bonchev–Trinajstić information content (AvgIpc) is 2.99. The lowest BCUT2D eigenvalue weighted by atomic mass is 9.95. The van der Waals surface area contributed by atoms with Gasteiger partial charge >= 0.3 is 0 Å². The van der Waals surface area contributed by atoms with Gasteiger partial charge in [-0.3, -0.25) is 9.59 Å². The van der Waals surface area contributed by atoms with Gasteiger partial charge in [0.25, 0.3) is 11.7 Å². The molecule has 1 saturated heterocycles. The molecule has 1 fully saturated rings. The van der Waals surface area contributed by atoms with Crippen molar-refractivity contribution in [2.24, 2.45) is 0 Å². The summed E-state index contributed by atoms with van der Waals surface area (Å²) >= 11 is 0. The van der Waals surface area contributed by atoms with Crippen LogP contribution in [0, 0.1) is 5.82 Å². The molecule has 0 radical (unpaired) electrons. The van der Waals surface area contributed by atoms with E-state index in [4.69, 9.17) is 4.74 Å². The number of ether oxygens (including phenoxy) is 1. The molecule has 0 aromatic heterocycles. The van der Waals surface area contributed by atoms with Gasteiger partial charge in [-0.25, -0.2) is 4.39 Å². The SMILES string of the molecule is CC(C)Oc1ccc(/C(O)=C2\C(=O)C(=O)N(CCCN(C)C)[C@H]2c2ccc(F)cc2)cc1. The molecule has 0 bridgehead atoms. The van der Waals surface area contributed by atoms with Crippen molar-refractivity contribution >= 4 is 17.4 Å². The van der Waals surface area contributed by atoms with Gasteiger partial charge in [0.05, 0.1) is 17.7 Å². The zero-order chi connectivity index (χ0) is 23.4. The standard InChI is InChI=1S/C25H29FN2O4/c1-16(2)32-20-12-8-18(9-13-20)23(29)21-22(17-6-10-19(26)11-7-17)28(25(31)24(21)30)15-5-14-27(3)4/h6-13,16,22,29H,5,14-15H2,1-4H3/b23-21+/t22-/m0/s1. The van der Waals surface area contributed by atoms with Crippen molar-refractivity contribution in [2.75, 3.05) is 27.2 Å². The molecule has 0 saturated carbocycles. The van der Waals surface area contributed by atoms with Crippen molar-refractivity contribution in [3.8, 4) is 5.75 Å². The monoisotopic (exact) mass is 440 g/mol. The molecule has 1 aliphatic heterocycles. The number of amides is 1. The van der Waals surface area contributed by atoms with Crippen LogP contribution in [-0.4, -0.2) is 59.9 Å². The Bertz CT molecular complexity index is 998. The smallest absolute Gasteiger partial charge is 0.295 e. The molecule has 1 atom stereocenters. The third-order valence-corrected chi connectivity index (χ3v) is 5.23. The van der Waals surface area contributed by atoms with Crippen LogP contribution in [0.4, 0.5) is 4.39 Å². The molecule has 1 heterocycles. The first kappa shape index (κ1) is 23.5. The van der Waals surface area contributed by atoms with Crippen LogP contribution < -0.4 is 4.74 Å². The molecule has 1 aliphatic rings. The van der Waals surface area contributed by atoms with Crippen LogP contribution in [0.25, 0.3) is 5.76 Å². The van der Waals surface area contributed by atoms with Crippen molar-refractivity contribution < 1.29 is 23.8 Å². The van der Waals surface area contributed by atoms with Gasteiger partial charge in [-0.05, 0) is 82.9 Å². The molecular weight excluding hydrogens is 411 g/mol. The Morgan fingerprint density at radius 3 is 2.28 bits per heavy atom. The van der Waals surface area contributed by atoms with E-state index in [0.717, 1.165) is 6.54 Å². The summed E-state index contributed by atoms with van der Waals surface area (Å²) in [5.74, 6) is -1.46. The van der Waals surface area contributed by atoms with Crippen molar-refractivity contribution in [1.29, 1.82) is 0 Å². The summed E-state index contributed by atoms with van der Waals surface area (Å²) in [4.78, 5) is 29.3. The third-order valence-electron chi connectivity index (χ3n) is 5.23. The molecule has 7 heteroatoms. The van der Waals surface area contributed by atoms with E-state index in [9.17, 15) is 19.1 Å². The molecule has 2 aromatic rings. The number of aliphatic hydroxyl groups excluding tert-OH is 1. The van der Waals surface area contributed by atoms with E-state index in [0.29, 0.717) is 29.8 Å². The number of rotatable bonds is 8. The van der Waals surface area contributed by atoms with Crippen LogP contribution in [-0.2, 0) is 9.59 Å². The van der Waals surface area contributed by atoms with Gasteiger partial charge in [0.2, 0.25) is 0 Å². The fourth-order valence-corrected chi connectivity index (χ4v) is 3.78. The molecule has 0 spiro atoms. The predicted octanol–water partition coefficient (Wildman–Crippen LogP) is 3.99. The summed E-state index contributed by atoms with van der Waals surface area (Å²) in [6.07, 6.45) is 0.652. The number of carbonyl (C=O) groups is 2. The fourth-order valence-electron chi connectivity index (χ4n) is 3.78. The summed E-state index contributed by atoms with van der Waals surface area (Å²) in [7, 11) is 3.86. The van der Waals surface area contributed by atoms with Crippen LogP contribution in [0.15, 0.2) is 54.1 Å². The first-order valence-electron chi connectivity index (χ1n) is 10.6. The molecule has 1 amide bonds. The maximum atomic E-state index is 13.5. The van der Waals surface area contributed by atoms with Crippen molar-refractivity contribution in [3.05, 3.63) is 71.0 Å². The van der Waals surface area contributed by atoms with Crippen LogP contribution in [0.1, 0.15) is 37.4 Å². The fraction of sp³-hybridized carbons (Fsp3) is 0.360. The molecule has 6 nitrogen and oxygen atoms in total. The summed E-state index contributed by atoms with van der Waals surface area (Å²) in [6.45, 7) is 4.89. The maximum absolute atomic E-state index is 13.5. The van der Waals surface area contributed by atoms with E-state index < -0.39 is 23.5 Å². The lowest BCUT2D eigenvalue weighted by Gasteiger charge is -2.26. The minimum absolute atomic E-state index is 0.000383. The zero-order valence-corrected chi connectivity index (χ0v) is 18.8. The number of hydrogen-bond acceptors (Lipinski definition) is 5. The summed E-state index contributed by atoms with van der Waals surface area (Å²) in [5, 5.41) is 11.1. The lowest BCUT2D eigenvalue weighted by molar-refractivity contribution is -0.139. The van der Waals surface area contributed by atoms with E-state index in [1.165, 1.54) is 29.2 Å². The second-order valence-electron chi connectivity index (χ2n) is 8.39. The maximum Gasteiger partial charge on any atom is 0.295 e. The normalized spacial score (nSPS) is 18.1. The molecule has 3 rings (SSSR count). The predicted molar refractivity (Wildman–Crippen MR) is 121 cm³/mol. The Hall–Kier alpha value is -3.19. The van der Waals surface area contributed by atoms with E-state index in [2.05, 4.69) is 0 Å². The molecule has 32 heavy (non-hydrogen) atoms. The first-order valence-corrected chi connectivity index (χ1v) is 10.6. The van der Waals surface area contributed by atoms with Crippen LogP contribution >= 0.6 is 0 Å². The van der Waals surface area contributed by atoms with Crippen LogP contribution in [0.2, 0.25) is 0 Å². The molecule has 0 unspecified atom stereocenters. The van der Waals surface area contributed by atoms with Crippen molar-refractivity contribution in [1.82, 2.24) is 9.80 Å². The Balaban J connectivity index is 2.03. The second kappa shape index (κ2) is 9.96. The average molecular weight is 441 g/mol. The van der Waals surface area contributed by atoms with E-state index >= 15 is 0 Å². The highest BCUT2D eigenvalue weighted by Gasteiger charge is 2.45. The molecule has 0 aliphatic carbocycles.